The van der Waals surface area contributed by atoms with E-state index in [4.69, 9.17) is 15.8 Å². The summed E-state index contributed by atoms with van der Waals surface area (Å²) in [4.78, 5) is 17.6. The lowest BCUT2D eigenvalue weighted by Gasteiger charge is -2.69. The van der Waals surface area contributed by atoms with Crippen LogP contribution in [0.5, 0.6) is 0 Å². The van der Waals surface area contributed by atoms with Gasteiger partial charge in [-0.15, -0.1) is 17.8 Å². The van der Waals surface area contributed by atoms with Crippen LogP contribution in [0.15, 0.2) is 34.7 Å². The van der Waals surface area contributed by atoms with Gasteiger partial charge >= 0.3 is 0 Å². The lowest BCUT2D eigenvalue weighted by molar-refractivity contribution is -0.0811. The Morgan fingerprint density at radius 2 is 1.97 bits per heavy atom. The summed E-state index contributed by atoms with van der Waals surface area (Å²) in [7, 11) is -3.27. The number of rotatable bonds is 5. The highest BCUT2D eigenvalue weighted by Crippen LogP contribution is 2.68. The molecule has 2 heterocycles. The average Bonchev–Trinajstić information content (AvgIpc) is 3.17. The van der Waals surface area contributed by atoms with Crippen LogP contribution in [0.2, 0.25) is 0 Å². The van der Waals surface area contributed by atoms with E-state index in [1.807, 2.05) is 18.2 Å². The molecule has 8 heteroatoms. The van der Waals surface area contributed by atoms with Crippen LogP contribution in [0.1, 0.15) is 59.0 Å². The normalized spacial score (nSPS) is 27.7. The van der Waals surface area contributed by atoms with Crippen molar-refractivity contribution in [2.24, 2.45) is 0 Å². The van der Waals surface area contributed by atoms with Gasteiger partial charge in [-0.05, 0) is 62.4 Å². The van der Waals surface area contributed by atoms with Gasteiger partial charge in [-0.1, -0.05) is 5.92 Å². The zero-order chi connectivity index (χ0) is 21.6. The molecular formula is C23H20N2O4S2. The maximum Gasteiger partial charge on any atom is 0.287 e. The zero-order valence-corrected chi connectivity index (χ0v) is 18.5. The van der Waals surface area contributed by atoms with Gasteiger partial charge in [0.15, 0.2) is 15.6 Å². The minimum absolute atomic E-state index is 0.0377. The molecule has 0 atom stereocenters. The highest BCUT2D eigenvalue weighted by Gasteiger charge is 2.70. The number of aromatic nitrogens is 1. The molecule has 0 aliphatic heterocycles. The standard InChI is InChI=1S/C23H20N2O4S2/c1-3-14-4-5-15-17(10-14)30-20(24-15)21-11-22(12-21,13-21)25-19(26)16-6-7-18(29-16)23(8-9-23)31(2,27)28/h1,4-7,10H,8-9,11-13H2,2H3,(H,25,26). The number of thiazole rings is 1. The van der Waals surface area contributed by atoms with Crippen molar-refractivity contribution >= 4 is 37.3 Å². The summed E-state index contributed by atoms with van der Waals surface area (Å²) >= 11 is 1.68. The molecule has 4 aliphatic rings. The van der Waals surface area contributed by atoms with Crippen molar-refractivity contribution in [1.29, 1.82) is 0 Å². The molecule has 158 valence electrons. The summed E-state index contributed by atoms with van der Waals surface area (Å²) in [6, 6.07) is 9.07. The Balaban J connectivity index is 1.16. The number of furan rings is 1. The van der Waals surface area contributed by atoms with E-state index in [2.05, 4.69) is 11.2 Å². The van der Waals surface area contributed by atoms with E-state index in [9.17, 15) is 13.2 Å². The number of nitrogens with zero attached hydrogens (tertiary/aromatic N) is 1. The third kappa shape index (κ3) is 2.60. The number of sulfone groups is 1. The summed E-state index contributed by atoms with van der Waals surface area (Å²) in [6.07, 6.45) is 10.4. The van der Waals surface area contributed by atoms with Gasteiger partial charge in [-0.2, -0.15) is 0 Å². The van der Waals surface area contributed by atoms with Crippen LogP contribution in [-0.4, -0.2) is 31.1 Å². The first-order valence-electron chi connectivity index (χ1n) is 10.2. The highest BCUT2D eigenvalue weighted by atomic mass is 32.2. The molecule has 4 aliphatic carbocycles. The third-order valence-corrected chi connectivity index (χ3v) is 10.4. The monoisotopic (exact) mass is 452 g/mol. The first-order valence-corrected chi connectivity index (χ1v) is 12.9. The largest absolute Gasteiger partial charge is 0.454 e. The van der Waals surface area contributed by atoms with Gasteiger partial charge in [0.25, 0.3) is 5.91 Å². The van der Waals surface area contributed by atoms with Crippen molar-refractivity contribution in [1.82, 2.24) is 10.3 Å². The molecule has 4 fully saturated rings. The first-order chi connectivity index (χ1) is 14.7. The van der Waals surface area contributed by atoms with Gasteiger partial charge in [0.05, 0.1) is 10.2 Å². The van der Waals surface area contributed by atoms with Crippen molar-refractivity contribution in [3.8, 4) is 12.3 Å². The Morgan fingerprint density at radius 3 is 2.61 bits per heavy atom. The minimum atomic E-state index is -3.27. The molecule has 2 bridgehead atoms. The number of amides is 1. The molecule has 0 radical (unpaired) electrons. The number of nitrogens with one attached hydrogen (secondary N) is 1. The smallest absolute Gasteiger partial charge is 0.287 e. The molecule has 1 amide bonds. The van der Waals surface area contributed by atoms with E-state index in [0.29, 0.717) is 18.6 Å². The van der Waals surface area contributed by atoms with E-state index in [1.165, 1.54) is 6.26 Å². The summed E-state index contributed by atoms with van der Waals surface area (Å²) in [5.74, 6) is 2.92. The first kappa shape index (κ1) is 19.1. The van der Waals surface area contributed by atoms with E-state index in [-0.39, 0.29) is 22.6 Å². The Morgan fingerprint density at radius 1 is 1.23 bits per heavy atom. The van der Waals surface area contributed by atoms with E-state index in [1.54, 1.807) is 23.5 Å². The molecule has 1 aromatic carbocycles. The molecule has 1 N–H and O–H groups in total. The second-order valence-corrected chi connectivity index (χ2v) is 12.7. The summed E-state index contributed by atoms with van der Waals surface area (Å²) in [5.41, 5.74) is 1.63. The second-order valence-electron chi connectivity index (χ2n) is 9.32. The average molecular weight is 453 g/mol. The number of fused-ring (bicyclic) bond motifs is 1. The fourth-order valence-electron chi connectivity index (χ4n) is 5.31. The van der Waals surface area contributed by atoms with Crippen LogP contribution in [0, 0.1) is 12.3 Å². The molecule has 0 unspecified atom stereocenters. The zero-order valence-electron chi connectivity index (χ0n) is 16.9. The Labute approximate surface area is 184 Å². The van der Waals surface area contributed by atoms with Crippen LogP contribution in [0.4, 0.5) is 0 Å². The van der Waals surface area contributed by atoms with Gasteiger partial charge in [-0.25, -0.2) is 13.4 Å². The molecule has 4 saturated carbocycles. The minimum Gasteiger partial charge on any atom is -0.454 e. The predicted molar refractivity (Wildman–Crippen MR) is 118 cm³/mol. The highest BCUT2D eigenvalue weighted by molar-refractivity contribution is 7.91. The van der Waals surface area contributed by atoms with Gasteiger partial charge in [0.2, 0.25) is 0 Å². The van der Waals surface area contributed by atoms with E-state index < -0.39 is 14.6 Å². The number of terminal acetylenes is 1. The van der Waals surface area contributed by atoms with Crippen LogP contribution in [0.3, 0.4) is 0 Å². The number of benzene rings is 1. The number of carbonyl (C=O) groups excluding carboxylic acids is 1. The van der Waals surface area contributed by atoms with Crippen LogP contribution in [0.25, 0.3) is 10.2 Å². The Hall–Kier alpha value is -2.63. The number of hydrogen-bond acceptors (Lipinski definition) is 6. The summed E-state index contributed by atoms with van der Waals surface area (Å²) in [6.45, 7) is 0. The van der Waals surface area contributed by atoms with Crippen LogP contribution < -0.4 is 5.32 Å². The molecule has 3 aromatic rings. The van der Waals surface area contributed by atoms with Crippen molar-refractivity contribution in [2.45, 2.75) is 47.8 Å². The SMILES string of the molecule is C#Cc1ccc2nc(C34CC(NC(=O)c5ccc(C6(S(C)(=O)=O)CC6)o5)(C3)C4)sc2c1. The molecule has 2 aromatic heterocycles. The number of hydrogen-bond donors (Lipinski definition) is 1. The van der Waals surface area contributed by atoms with Crippen LogP contribution >= 0.6 is 11.3 Å². The van der Waals surface area contributed by atoms with Crippen molar-refractivity contribution in [3.63, 3.8) is 0 Å². The fraction of sp³-hybridized carbons (Fsp3) is 0.391. The fourth-order valence-corrected chi connectivity index (χ4v) is 7.82. The van der Waals surface area contributed by atoms with Gasteiger partial charge < -0.3 is 9.73 Å². The molecule has 7 rings (SSSR count). The molecule has 31 heavy (non-hydrogen) atoms. The lowest BCUT2D eigenvalue weighted by Crippen LogP contribution is -2.76. The van der Waals surface area contributed by atoms with Crippen molar-refractivity contribution in [2.75, 3.05) is 6.26 Å². The van der Waals surface area contributed by atoms with E-state index in [0.717, 1.165) is 40.1 Å². The van der Waals surface area contributed by atoms with Gasteiger partial charge in [-0.3, -0.25) is 4.79 Å². The molecule has 0 spiro atoms. The second kappa shape index (κ2) is 5.78. The molecular weight excluding hydrogens is 432 g/mol. The molecule has 0 saturated heterocycles. The quantitative estimate of drug-likeness (QED) is 0.599. The number of carbonyl (C=O) groups is 1. The Bertz CT molecular complexity index is 1400. The topological polar surface area (TPSA) is 89.3 Å². The molecule has 6 nitrogen and oxygen atoms in total. The summed E-state index contributed by atoms with van der Waals surface area (Å²) in [5, 5.41) is 4.22. The maximum absolute atomic E-state index is 12.8. The van der Waals surface area contributed by atoms with Gasteiger partial charge in [0.1, 0.15) is 15.5 Å². The van der Waals surface area contributed by atoms with Crippen molar-refractivity contribution < 1.29 is 17.6 Å². The van der Waals surface area contributed by atoms with E-state index >= 15 is 0 Å². The van der Waals surface area contributed by atoms with Gasteiger partial charge in [0, 0.05) is 22.8 Å². The van der Waals surface area contributed by atoms with Crippen LogP contribution in [-0.2, 0) is 20.0 Å². The predicted octanol–water partition coefficient (Wildman–Crippen LogP) is 3.51. The lowest BCUT2D eigenvalue weighted by atomic mass is 9.39. The maximum atomic E-state index is 12.8. The van der Waals surface area contributed by atoms with Crippen molar-refractivity contribution in [3.05, 3.63) is 52.4 Å². The Kier molecular flexibility index (Phi) is 3.56. The third-order valence-electron chi connectivity index (χ3n) is 7.11. The summed E-state index contributed by atoms with van der Waals surface area (Å²) < 4.78 is 30.0.